The molecule has 0 fully saturated rings. The van der Waals surface area contributed by atoms with E-state index in [2.05, 4.69) is 4.98 Å². The number of hydrogen-bond acceptors (Lipinski definition) is 3. The number of hydrogen-bond donors (Lipinski definition) is 2. The van der Waals surface area contributed by atoms with Crippen LogP contribution in [0.25, 0.3) is 0 Å². The molecule has 0 aromatic carbocycles. The number of nitrogens with zero attached hydrogens (tertiary/aromatic N) is 1. The molecule has 0 aliphatic heterocycles. The molecule has 0 spiro atoms. The van der Waals surface area contributed by atoms with Gasteiger partial charge in [-0.15, -0.1) is 0 Å². The van der Waals surface area contributed by atoms with Gasteiger partial charge in [0, 0.05) is 5.56 Å². The smallest absolute Gasteiger partial charge is 0.287 e. The number of carbonyl (C=O) groups excluding carboxylic acids is 1. The van der Waals surface area contributed by atoms with Crippen LogP contribution in [-0.4, -0.2) is 35.1 Å². The van der Waals surface area contributed by atoms with E-state index in [1.807, 2.05) is 5.32 Å². The molecule has 0 saturated carbocycles. The summed E-state index contributed by atoms with van der Waals surface area (Å²) in [7, 11) is 0. The molecular weight excluding hydrogens is 277 g/mol. The second-order valence-corrected chi connectivity index (χ2v) is 3.97. The van der Waals surface area contributed by atoms with Gasteiger partial charge in [0.25, 0.3) is 11.8 Å². The van der Waals surface area contributed by atoms with Crippen molar-refractivity contribution in [1.82, 2.24) is 10.3 Å². The third-order valence-electron chi connectivity index (χ3n) is 1.76. The molecule has 0 aliphatic rings. The van der Waals surface area contributed by atoms with Crippen molar-refractivity contribution in [1.29, 1.82) is 0 Å². The van der Waals surface area contributed by atoms with Gasteiger partial charge in [0.15, 0.2) is 0 Å². The van der Waals surface area contributed by atoms with Crippen LogP contribution in [0.2, 0.25) is 10.3 Å². The zero-order valence-corrected chi connectivity index (χ0v) is 9.90. The maximum atomic E-state index is 12.7. The number of aliphatic hydroxyl groups excluding tert-OH is 1. The van der Waals surface area contributed by atoms with E-state index < -0.39 is 25.0 Å². The summed E-state index contributed by atoms with van der Waals surface area (Å²) >= 11 is 11.1. The second-order valence-electron chi connectivity index (χ2n) is 3.20. The first-order valence-electron chi connectivity index (χ1n) is 4.44. The van der Waals surface area contributed by atoms with Crippen LogP contribution in [0.15, 0.2) is 12.1 Å². The third kappa shape index (κ3) is 4.41. The van der Waals surface area contributed by atoms with E-state index in [1.54, 1.807) is 0 Å². The minimum absolute atomic E-state index is 0.0171. The summed E-state index contributed by atoms with van der Waals surface area (Å²) in [5.41, 5.74) is 0.0174. The topological polar surface area (TPSA) is 62.2 Å². The molecule has 0 bridgehead atoms. The highest BCUT2D eigenvalue weighted by Gasteiger charge is 2.28. The Hall–Kier alpha value is -0.980. The Labute approximate surface area is 106 Å². The van der Waals surface area contributed by atoms with Crippen molar-refractivity contribution < 1.29 is 18.7 Å². The molecule has 94 valence electrons. The lowest BCUT2D eigenvalue weighted by Gasteiger charge is -2.13. The van der Waals surface area contributed by atoms with Crippen molar-refractivity contribution in [2.75, 3.05) is 13.2 Å². The summed E-state index contributed by atoms with van der Waals surface area (Å²) in [6, 6.07) is 2.39. The average molecular weight is 285 g/mol. The Balaban J connectivity index is 2.70. The first-order valence-corrected chi connectivity index (χ1v) is 5.19. The molecule has 1 amide bonds. The predicted octanol–water partition coefficient (Wildman–Crippen LogP) is 1.75. The van der Waals surface area contributed by atoms with Gasteiger partial charge in [0.1, 0.15) is 16.9 Å². The quantitative estimate of drug-likeness (QED) is 0.828. The Kier molecular flexibility index (Phi) is 4.62. The lowest BCUT2D eigenvalue weighted by Crippen LogP contribution is -2.39. The van der Waals surface area contributed by atoms with Gasteiger partial charge < -0.3 is 10.4 Å². The highest BCUT2D eigenvalue weighted by atomic mass is 35.5. The van der Waals surface area contributed by atoms with Crippen LogP contribution in [0, 0.1) is 0 Å². The largest absolute Gasteiger partial charge is 0.390 e. The predicted molar refractivity (Wildman–Crippen MR) is 58.6 cm³/mol. The lowest BCUT2D eigenvalue weighted by molar-refractivity contribution is -0.0462. The summed E-state index contributed by atoms with van der Waals surface area (Å²) in [6.45, 7) is -2.31. The third-order valence-corrected chi connectivity index (χ3v) is 2.15. The first kappa shape index (κ1) is 14.1. The van der Waals surface area contributed by atoms with E-state index in [-0.39, 0.29) is 15.9 Å². The SMILES string of the molecule is O=C(NCC(F)(F)CO)c1cc(Cl)nc(Cl)c1. The maximum Gasteiger partial charge on any atom is 0.287 e. The molecule has 0 unspecified atom stereocenters. The van der Waals surface area contributed by atoms with E-state index in [0.717, 1.165) is 0 Å². The average Bonchev–Trinajstić information content (AvgIpc) is 2.24. The molecule has 0 saturated heterocycles. The number of halogens is 4. The summed E-state index contributed by atoms with van der Waals surface area (Å²) in [5, 5.41) is 10.2. The minimum Gasteiger partial charge on any atom is -0.390 e. The molecular formula is C9H8Cl2F2N2O2. The van der Waals surface area contributed by atoms with Crippen LogP contribution in [-0.2, 0) is 0 Å². The standard InChI is InChI=1S/C9H8Cl2F2N2O2/c10-6-1-5(2-7(11)15-6)8(17)14-3-9(12,13)4-16/h1-2,16H,3-4H2,(H,14,17). The fourth-order valence-electron chi connectivity index (χ4n) is 0.964. The zero-order chi connectivity index (χ0) is 13.1. The van der Waals surface area contributed by atoms with Gasteiger partial charge in [0.05, 0.1) is 6.54 Å². The number of aliphatic hydroxyl groups is 1. The molecule has 1 heterocycles. The Morgan fingerprint density at radius 2 is 1.94 bits per heavy atom. The Bertz CT molecular complexity index is 409. The summed E-state index contributed by atoms with van der Waals surface area (Å²) < 4.78 is 25.3. The molecule has 0 aliphatic carbocycles. The van der Waals surface area contributed by atoms with Crippen molar-refractivity contribution >= 4 is 29.1 Å². The van der Waals surface area contributed by atoms with Gasteiger partial charge >= 0.3 is 0 Å². The van der Waals surface area contributed by atoms with Crippen LogP contribution in [0.1, 0.15) is 10.4 Å². The Morgan fingerprint density at radius 1 is 1.41 bits per heavy atom. The second kappa shape index (κ2) is 5.57. The van der Waals surface area contributed by atoms with E-state index in [9.17, 15) is 13.6 Å². The molecule has 17 heavy (non-hydrogen) atoms. The number of rotatable bonds is 4. The van der Waals surface area contributed by atoms with Gasteiger partial charge in [-0.1, -0.05) is 23.2 Å². The number of alkyl halides is 2. The molecule has 4 nitrogen and oxygen atoms in total. The van der Waals surface area contributed by atoms with E-state index in [1.165, 1.54) is 12.1 Å². The minimum atomic E-state index is -3.36. The molecule has 1 aromatic heterocycles. The highest BCUT2D eigenvalue weighted by Crippen LogP contribution is 2.15. The van der Waals surface area contributed by atoms with E-state index >= 15 is 0 Å². The van der Waals surface area contributed by atoms with Gasteiger partial charge in [-0.05, 0) is 12.1 Å². The van der Waals surface area contributed by atoms with Crippen molar-refractivity contribution in [3.05, 3.63) is 28.0 Å². The van der Waals surface area contributed by atoms with Crippen LogP contribution in [0.3, 0.4) is 0 Å². The van der Waals surface area contributed by atoms with Crippen LogP contribution in [0.4, 0.5) is 8.78 Å². The monoisotopic (exact) mass is 284 g/mol. The molecule has 0 atom stereocenters. The van der Waals surface area contributed by atoms with Crippen LogP contribution < -0.4 is 5.32 Å². The van der Waals surface area contributed by atoms with Gasteiger partial charge in [0.2, 0.25) is 0 Å². The van der Waals surface area contributed by atoms with Gasteiger partial charge in [-0.2, -0.15) is 0 Å². The van der Waals surface area contributed by atoms with E-state index in [0.29, 0.717) is 0 Å². The van der Waals surface area contributed by atoms with Gasteiger partial charge in [-0.3, -0.25) is 4.79 Å². The summed E-state index contributed by atoms with van der Waals surface area (Å²) in [5.74, 6) is -4.14. The first-order chi connectivity index (χ1) is 7.84. The molecule has 8 heteroatoms. The number of carbonyl (C=O) groups is 1. The highest BCUT2D eigenvalue weighted by molar-refractivity contribution is 6.33. The summed E-state index contributed by atoms with van der Waals surface area (Å²) in [4.78, 5) is 15.0. The fourth-order valence-corrected chi connectivity index (χ4v) is 1.42. The summed E-state index contributed by atoms with van der Waals surface area (Å²) in [6.07, 6.45) is 0. The van der Waals surface area contributed by atoms with Crippen molar-refractivity contribution in [2.24, 2.45) is 0 Å². The number of pyridine rings is 1. The van der Waals surface area contributed by atoms with Crippen molar-refractivity contribution in [3.8, 4) is 0 Å². The molecule has 2 N–H and O–H groups in total. The van der Waals surface area contributed by atoms with Crippen molar-refractivity contribution in [2.45, 2.75) is 5.92 Å². The molecule has 1 rings (SSSR count). The molecule has 0 radical (unpaired) electrons. The van der Waals surface area contributed by atoms with E-state index in [4.69, 9.17) is 28.3 Å². The zero-order valence-electron chi connectivity index (χ0n) is 8.38. The normalized spacial score (nSPS) is 11.4. The Morgan fingerprint density at radius 3 is 2.41 bits per heavy atom. The van der Waals surface area contributed by atoms with Crippen molar-refractivity contribution in [3.63, 3.8) is 0 Å². The lowest BCUT2D eigenvalue weighted by atomic mass is 10.2. The molecule has 1 aromatic rings. The van der Waals surface area contributed by atoms with Crippen LogP contribution in [0.5, 0.6) is 0 Å². The van der Waals surface area contributed by atoms with Gasteiger partial charge in [-0.25, -0.2) is 13.8 Å². The maximum absolute atomic E-state index is 12.7. The van der Waals surface area contributed by atoms with Crippen LogP contribution >= 0.6 is 23.2 Å². The number of amides is 1. The number of aromatic nitrogens is 1. The number of nitrogens with one attached hydrogen (secondary N) is 1. The fraction of sp³-hybridized carbons (Fsp3) is 0.333.